The fourth-order valence-corrected chi connectivity index (χ4v) is 5.31. The molecule has 1 aliphatic rings. The van der Waals surface area contributed by atoms with E-state index in [1.807, 2.05) is 37.3 Å². The summed E-state index contributed by atoms with van der Waals surface area (Å²) in [5, 5.41) is 0. The van der Waals surface area contributed by atoms with Crippen molar-refractivity contribution in [2.45, 2.75) is 50.0 Å². The Balaban J connectivity index is 1.75. The van der Waals surface area contributed by atoms with Gasteiger partial charge >= 0.3 is 0 Å². The molecule has 4 nitrogen and oxygen atoms in total. The average Bonchev–Trinajstić information content (AvgIpc) is 2.67. The second-order valence-electron chi connectivity index (χ2n) is 6.97. The number of aryl methyl sites for hydroxylation is 2. The van der Waals surface area contributed by atoms with Crippen LogP contribution in [-0.2, 0) is 16.4 Å². The summed E-state index contributed by atoms with van der Waals surface area (Å²) in [5.74, 6) is 0.843. The van der Waals surface area contributed by atoms with Crippen LogP contribution in [0.4, 0.5) is 0 Å². The standard InChI is InChI=1S/C21H27NO3S/c1-17-9-13-21(14-10-17)26(23,24)22-15-4-3-7-19(22)12-11-18-6-5-8-20(16-18)25-2/h5-6,8-10,13-14,16,19H,3-4,7,11-12,15H2,1-2H3. The summed E-state index contributed by atoms with van der Waals surface area (Å²) in [6.45, 7) is 2.58. The highest BCUT2D eigenvalue weighted by molar-refractivity contribution is 7.89. The number of ether oxygens (including phenoxy) is 1. The van der Waals surface area contributed by atoms with E-state index in [0.29, 0.717) is 11.4 Å². The largest absolute Gasteiger partial charge is 0.497 e. The van der Waals surface area contributed by atoms with Crippen LogP contribution in [0.1, 0.15) is 36.8 Å². The highest BCUT2D eigenvalue weighted by Crippen LogP contribution is 2.28. The zero-order chi connectivity index (χ0) is 18.6. The zero-order valence-corrected chi connectivity index (χ0v) is 16.3. The molecule has 0 spiro atoms. The first kappa shape index (κ1) is 18.9. The molecule has 0 aliphatic carbocycles. The first-order chi connectivity index (χ1) is 12.5. The van der Waals surface area contributed by atoms with Gasteiger partial charge < -0.3 is 4.74 Å². The Bertz CT molecular complexity index is 831. The van der Waals surface area contributed by atoms with Crippen molar-refractivity contribution in [1.29, 1.82) is 0 Å². The number of hydrogen-bond donors (Lipinski definition) is 0. The van der Waals surface area contributed by atoms with Gasteiger partial charge in [0, 0.05) is 12.6 Å². The molecular formula is C21H27NO3S. The first-order valence-electron chi connectivity index (χ1n) is 9.22. The van der Waals surface area contributed by atoms with Gasteiger partial charge in [-0.1, -0.05) is 36.2 Å². The minimum atomic E-state index is -3.44. The molecule has 0 saturated carbocycles. The molecule has 5 heteroatoms. The Morgan fingerprint density at radius 1 is 1.12 bits per heavy atom. The van der Waals surface area contributed by atoms with Crippen molar-refractivity contribution in [3.05, 3.63) is 59.7 Å². The average molecular weight is 374 g/mol. The van der Waals surface area contributed by atoms with Crippen molar-refractivity contribution < 1.29 is 13.2 Å². The summed E-state index contributed by atoms with van der Waals surface area (Å²) in [4.78, 5) is 0.399. The van der Waals surface area contributed by atoms with Crippen molar-refractivity contribution >= 4 is 10.0 Å². The molecule has 1 atom stereocenters. The van der Waals surface area contributed by atoms with Gasteiger partial charge in [0.2, 0.25) is 10.0 Å². The van der Waals surface area contributed by atoms with Crippen LogP contribution in [0.25, 0.3) is 0 Å². The lowest BCUT2D eigenvalue weighted by Crippen LogP contribution is -2.43. The van der Waals surface area contributed by atoms with Crippen LogP contribution >= 0.6 is 0 Å². The molecule has 1 fully saturated rings. The summed E-state index contributed by atoms with van der Waals surface area (Å²) in [5.41, 5.74) is 2.25. The number of hydrogen-bond acceptors (Lipinski definition) is 3. The summed E-state index contributed by atoms with van der Waals surface area (Å²) in [6, 6.07) is 15.2. The van der Waals surface area contributed by atoms with Gasteiger partial charge in [0.1, 0.15) is 5.75 Å². The van der Waals surface area contributed by atoms with E-state index in [4.69, 9.17) is 4.74 Å². The van der Waals surface area contributed by atoms with Gasteiger partial charge in [-0.2, -0.15) is 4.31 Å². The van der Waals surface area contributed by atoms with E-state index in [2.05, 4.69) is 6.07 Å². The maximum absolute atomic E-state index is 13.1. The third kappa shape index (κ3) is 4.27. The highest BCUT2D eigenvalue weighted by Gasteiger charge is 2.33. The maximum atomic E-state index is 13.1. The first-order valence-corrected chi connectivity index (χ1v) is 10.7. The predicted octanol–water partition coefficient (Wildman–Crippen LogP) is 4.18. The molecule has 140 valence electrons. The Morgan fingerprint density at radius 2 is 1.88 bits per heavy atom. The van der Waals surface area contributed by atoms with Crippen LogP contribution in [0.2, 0.25) is 0 Å². The van der Waals surface area contributed by atoms with Gasteiger partial charge in [0.05, 0.1) is 12.0 Å². The van der Waals surface area contributed by atoms with Gasteiger partial charge in [-0.05, 0) is 62.4 Å². The van der Waals surface area contributed by atoms with Crippen molar-refractivity contribution in [1.82, 2.24) is 4.31 Å². The Kier molecular flexibility index (Phi) is 5.99. The van der Waals surface area contributed by atoms with Gasteiger partial charge in [-0.3, -0.25) is 0 Å². The Morgan fingerprint density at radius 3 is 2.62 bits per heavy atom. The fraction of sp³-hybridized carbons (Fsp3) is 0.429. The van der Waals surface area contributed by atoms with Crippen molar-refractivity contribution in [3.8, 4) is 5.75 Å². The zero-order valence-electron chi connectivity index (χ0n) is 15.5. The van der Waals surface area contributed by atoms with Gasteiger partial charge in [0.25, 0.3) is 0 Å². The molecule has 0 radical (unpaired) electrons. The van der Waals surface area contributed by atoms with E-state index in [0.717, 1.165) is 43.4 Å². The minimum absolute atomic E-state index is 0.0567. The summed E-state index contributed by atoms with van der Waals surface area (Å²) < 4.78 is 33.3. The minimum Gasteiger partial charge on any atom is -0.497 e. The van der Waals surface area contributed by atoms with Gasteiger partial charge in [-0.25, -0.2) is 8.42 Å². The molecule has 0 bridgehead atoms. The highest BCUT2D eigenvalue weighted by atomic mass is 32.2. The quantitative estimate of drug-likeness (QED) is 0.763. The molecule has 2 aromatic rings. The molecule has 0 amide bonds. The van der Waals surface area contributed by atoms with Gasteiger partial charge in [-0.15, -0.1) is 0 Å². The van der Waals surface area contributed by atoms with E-state index in [1.54, 1.807) is 23.5 Å². The monoisotopic (exact) mass is 373 g/mol. The SMILES string of the molecule is COc1cccc(CCC2CCCCN2S(=O)(=O)c2ccc(C)cc2)c1. The van der Waals surface area contributed by atoms with Crippen molar-refractivity contribution in [3.63, 3.8) is 0 Å². The smallest absolute Gasteiger partial charge is 0.243 e. The van der Waals surface area contributed by atoms with Crippen LogP contribution < -0.4 is 4.74 Å². The normalized spacial score (nSPS) is 18.6. The molecule has 1 saturated heterocycles. The molecular weight excluding hydrogens is 346 g/mol. The van der Waals surface area contributed by atoms with Crippen LogP contribution in [0.15, 0.2) is 53.4 Å². The molecule has 0 N–H and O–H groups in total. The lowest BCUT2D eigenvalue weighted by atomic mass is 9.98. The third-order valence-electron chi connectivity index (χ3n) is 5.10. The van der Waals surface area contributed by atoms with Crippen LogP contribution in [0, 0.1) is 6.92 Å². The molecule has 1 heterocycles. The van der Waals surface area contributed by atoms with E-state index in [-0.39, 0.29) is 6.04 Å². The summed E-state index contributed by atoms with van der Waals surface area (Å²) >= 11 is 0. The van der Waals surface area contributed by atoms with Crippen molar-refractivity contribution in [2.24, 2.45) is 0 Å². The van der Waals surface area contributed by atoms with E-state index < -0.39 is 10.0 Å². The van der Waals surface area contributed by atoms with Crippen LogP contribution in [0.3, 0.4) is 0 Å². The number of piperidine rings is 1. The van der Waals surface area contributed by atoms with E-state index >= 15 is 0 Å². The van der Waals surface area contributed by atoms with E-state index in [9.17, 15) is 8.42 Å². The number of benzene rings is 2. The second-order valence-corrected chi connectivity index (χ2v) is 8.86. The lowest BCUT2D eigenvalue weighted by molar-refractivity contribution is 0.241. The molecule has 0 aromatic heterocycles. The molecule has 2 aromatic carbocycles. The predicted molar refractivity (Wildman–Crippen MR) is 104 cm³/mol. The number of methoxy groups -OCH3 is 1. The molecule has 1 aliphatic heterocycles. The van der Waals surface area contributed by atoms with Crippen LogP contribution in [-0.4, -0.2) is 32.4 Å². The number of sulfonamides is 1. The summed E-state index contributed by atoms with van der Waals surface area (Å²) in [7, 11) is -1.77. The maximum Gasteiger partial charge on any atom is 0.243 e. The topological polar surface area (TPSA) is 46.6 Å². The molecule has 3 rings (SSSR count). The number of nitrogens with zero attached hydrogens (tertiary/aromatic N) is 1. The molecule has 26 heavy (non-hydrogen) atoms. The Labute approximate surface area is 156 Å². The lowest BCUT2D eigenvalue weighted by Gasteiger charge is -2.35. The van der Waals surface area contributed by atoms with Gasteiger partial charge in [0.15, 0.2) is 0 Å². The second kappa shape index (κ2) is 8.23. The van der Waals surface area contributed by atoms with E-state index in [1.165, 1.54) is 5.56 Å². The molecule has 1 unspecified atom stereocenters. The third-order valence-corrected chi connectivity index (χ3v) is 7.07. The summed E-state index contributed by atoms with van der Waals surface area (Å²) in [6.07, 6.45) is 4.62. The van der Waals surface area contributed by atoms with Crippen LogP contribution in [0.5, 0.6) is 5.75 Å². The Hall–Kier alpha value is -1.85. The van der Waals surface area contributed by atoms with Crippen molar-refractivity contribution in [2.75, 3.05) is 13.7 Å². The number of rotatable bonds is 6. The fourth-order valence-electron chi connectivity index (χ4n) is 3.59.